The molecule has 1 saturated heterocycles. The molecule has 110 valence electrons. The molecule has 1 aliphatic heterocycles. The number of hydrogen-bond acceptors (Lipinski definition) is 4. The van der Waals surface area contributed by atoms with Gasteiger partial charge >= 0.3 is 0 Å². The number of benzene rings is 1. The summed E-state index contributed by atoms with van der Waals surface area (Å²) in [5.74, 6) is -0.0812. The number of amides is 1. The third kappa shape index (κ3) is 3.46. The summed E-state index contributed by atoms with van der Waals surface area (Å²) in [6.07, 6.45) is 1.93. The van der Waals surface area contributed by atoms with Crippen LogP contribution in [-0.2, 0) is 11.2 Å². The summed E-state index contributed by atoms with van der Waals surface area (Å²) in [5, 5.41) is 10.9. The van der Waals surface area contributed by atoms with Crippen molar-refractivity contribution in [2.45, 2.75) is 25.3 Å². The van der Waals surface area contributed by atoms with Gasteiger partial charge in [-0.25, -0.2) is 0 Å². The molecule has 1 aromatic carbocycles. The lowest BCUT2D eigenvalue weighted by molar-refractivity contribution is -0.385. The quantitative estimate of drug-likeness (QED) is 0.674. The first-order valence-electron chi connectivity index (χ1n) is 6.35. The summed E-state index contributed by atoms with van der Waals surface area (Å²) in [4.78, 5) is 24.4. The number of nitrogens with two attached hydrogens (primary N) is 1. The molecule has 7 heteroatoms. The lowest BCUT2D eigenvalue weighted by Crippen LogP contribution is -2.40. The van der Waals surface area contributed by atoms with E-state index in [0.29, 0.717) is 18.7 Å². The normalized spacial score (nSPS) is 17.6. The van der Waals surface area contributed by atoms with E-state index in [4.69, 9.17) is 5.73 Å². The van der Waals surface area contributed by atoms with Crippen LogP contribution in [0.5, 0.6) is 0 Å². The van der Waals surface area contributed by atoms with Gasteiger partial charge in [-0.3, -0.25) is 14.9 Å². The molecule has 1 amide bonds. The van der Waals surface area contributed by atoms with Gasteiger partial charge in [0.15, 0.2) is 0 Å². The van der Waals surface area contributed by atoms with Crippen molar-refractivity contribution >= 4 is 24.0 Å². The van der Waals surface area contributed by atoms with E-state index >= 15 is 0 Å². The molecular formula is C13H18ClN3O3. The monoisotopic (exact) mass is 299 g/mol. The van der Waals surface area contributed by atoms with Gasteiger partial charge in [-0.15, -0.1) is 12.4 Å². The number of para-hydroxylation sites is 1. The lowest BCUT2D eigenvalue weighted by atomic mass is 10.1. The Balaban J connectivity index is 0.00000200. The zero-order valence-corrected chi connectivity index (χ0v) is 11.8. The molecule has 1 fully saturated rings. The number of nitro groups is 1. The van der Waals surface area contributed by atoms with E-state index in [2.05, 4.69) is 0 Å². The summed E-state index contributed by atoms with van der Waals surface area (Å²) < 4.78 is 0. The van der Waals surface area contributed by atoms with E-state index in [9.17, 15) is 14.9 Å². The summed E-state index contributed by atoms with van der Waals surface area (Å²) in [5.41, 5.74) is 6.09. The van der Waals surface area contributed by atoms with Gasteiger partial charge in [0.25, 0.3) is 5.69 Å². The zero-order chi connectivity index (χ0) is 13.8. The molecule has 1 aromatic rings. The Bertz CT molecular complexity index is 496. The molecule has 1 unspecified atom stereocenters. The SMILES string of the molecule is Cl.NCC1CCCN1C(=O)Cc1ccccc1[N+](=O)[O-]. The van der Waals surface area contributed by atoms with Crippen molar-refractivity contribution in [1.82, 2.24) is 4.90 Å². The highest BCUT2D eigenvalue weighted by Crippen LogP contribution is 2.22. The summed E-state index contributed by atoms with van der Waals surface area (Å²) >= 11 is 0. The molecule has 6 nitrogen and oxygen atoms in total. The first kappa shape index (κ1) is 16.4. The van der Waals surface area contributed by atoms with Crippen LogP contribution in [0.3, 0.4) is 0 Å². The van der Waals surface area contributed by atoms with Crippen LogP contribution in [0, 0.1) is 10.1 Å². The Morgan fingerprint density at radius 2 is 2.15 bits per heavy atom. The first-order valence-corrected chi connectivity index (χ1v) is 6.35. The van der Waals surface area contributed by atoms with Gasteiger partial charge in [0, 0.05) is 30.8 Å². The molecule has 0 bridgehead atoms. The van der Waals surface area contributed by atoms with Crippen LogP contribution in [0.1, 0.15) is 18.4 Å². The average molecular weight is 300 g/mol. The van der Waals surface area contributed by atoms with Crippen LogP contribution in [0.25, 0.3) is 0 Å². The molecule has 1 heterocycles. The second-order valence-electron chi connectivity index (χ2n) is 4.68. The molecule has 0 aliphatic carbocycles. The van der Waals surface area contributed by atoms with Crippen molar-refractivity contribution in [3.63, 3.8) is 0 Å². The highest BCUT2D eigenvalue weighted by molar-refractivity contribution is 5.85. The second-order valence-corrected chi connectivity index (χ2v) is 4.68. The van der Waals surface area contributed by atoms with Crippen molar-refractivity contribution in [2.24, 2.45) is 5.73 Å². The number of nitrogens with zero attached hydrogens (tertiary/aromatic N) is 2. The molecule has 0 saturated carbocycles. The minimum atomic E-state index is -0.451. The molecule has 0 spiro atoms. The third-order valence-corrected chi connectivity index (χ3v) is 3.50. The molecule has 2 N–H and O–H groups in total. The number of carbonyl (C=O) groups excluding carboxylic acids is 1. The molecule has 20 heavy (non-hydrogen) atoms. The topological polar surface area (TPSA) is 89.5 Å². The van der Waals surface area contributed by atoms with E-state index in [1.54, 1.807) is 23.1 Å². The number of rotatable bonds is 4. The van der Waals surface area contributed by atoms with Gasteiger partial charge in [-0.1, -0.05) is 18.2 Å². The molecule has 1 aliphatic rings. The number of nitro benzene ring substituents is 1. The number of likely N-dealkylation sites (tertiary alicyclic amines) is 1. The Morgan fingerprint density at radius 3 is 2.80 bits per heavy atom. The van der Waals surface area contributed by atoms with E-state index in [0.717, 1.165) is 12.8 Å². The summed E-state index contributed by atoms with van der Waals surface area (Å²) in [6.45, 7) is 1.14. The fourth-order valence-corrected chi connectivity index (χ4v) is 2.51. The van der Waals surface area contributed by atoms with Crippen LogP contribution >= 0.6 is 12.4 Å². The van der Waals surface area contributed by atoms with Crippen molar-refractivity contribution < 1.29 is 9.72 Å². The van der Waals surface area contributed by atoms with Crippen molar-refractivity contribution in [3.8, 4) is 0 Å². The first-order chi connectivity index (χ1) is 9.13. The Kier molecular flexibility index (Phi) is 5.91. The fourth-order valence-electron chi connectivity index (χ4n) is 2.51. The highest BCUT2D eigenvalue weighted by atomic mass is 35.5. The zero-order valence-electron chi connectivity index (χ0n) is 11.0. The van der Waals surface area contributed by atoms with Gasteiger partial charge < -0.3 is 10.6 Å². The van der Waals surface area contributed by atoms with Crippen LogP contribution in [-0.4, -0.2) is 34.9 Å². The van der Waals surface area contributed by atoms with Gasteiger partial charge in [0.05, 0.1) is 11.3 Å². The largest absolute Gasteiger partial charge is 0.338 e. The maximum atomic E-state index is 12.2. The smallest absolute Gasteiger partial charge is 0.273 e. The van der Waals surface area contributed by atoms with E-state index in [1.165, 1.54) is 6.07 Å². The predicted octanol–water partition coefficient (Wildman–Crippen LogP) is 1.51. The van der Waals surface area contributed by atoms with E-state index < -0.39 is 4.92 Å². The van der Waals surface area contributed by atoms with Gasteiger partial charge in [0.1, 0.15) is 0 Å². The van der Waals surface area contributed by atoms with Crippen LogP contribution in [0.4, 0.5) is 5.69 Å². The number of halogens is 1. The Hall–Kier alpha value is -1.66. The Morgan fingerprint density at radius 1 is 1.45 bits per heavy atom. The standard InChI is InChI=1S/C13H17N3O3.ClH/c14-9-11-5-3-7-15(11)13(17)8-10-4-1-2-6-12(10)16(18)19;/h1-2,4,6,11H,3,5,7-9,14H2;1H. The molecule has 1 atom stereocenters. The van der Waals surface area contributed by atoms with E-state index in [1.807, 2.05) is 0 Å². The summed E-state index contributed by atoms with van der Waals surface area (Å²) in [6, 6.07) is 6.44. The maximum absolute atomic E-state index is 12.2. The van der Waals surface area contributed by atoms with Gasteiger partial charge in [-0.05, 0) is 12.8 Å². The van der Waals surface area contributed by atoms with Crippen molar-refractivity contribution in [3.05, 3.63) is 39.9 Å². The van der Waals surface area contributed by atoms with Crippen molar-refractivity contribution in [1.29, 1.82) is 0 Å². The van der Waals surface area contributed by atoms with Gasteiger partial charge in [0.2, 0.25) is 5.91 Å². The fraction of sp³-hybridized carbons (Fsp3) is 0.462. The van der Waals surface area contributed by atoms with Crippen LogP contribution in [0.15, 0.2) is 24.3 Å². The number of hydrogen-bond donors (Lipinski definition) is 1. The minimum Gasteiger partial charge on any atom is -0.338 e. The van der Waals surface area contributed by atoms with Crippen LogP contribution < -0.4 is 5.73 Å². The van der Waals surface area contributed by atoms with Crippen molar-refractivity contribution in [2.75, 3.05) is 13.1 Å². The van der Waals surface area contributed by atoms with Gasteiger partial charge in [-0.2, -0.15) is 0 Å². The molecular weight excluding hydrogens is 282 g/mol. The van der Waals surface area contributed by atoms with E-state index in [-0.39, 0.29) is 36.5 Å². The summed E-state index contributed by atoms with van der Waals surface area (Å²) in [7, 11) is 0. The molecule has 0 radical (unpaired) electrons. The molecule has 2 rings (SSSR count). The third-order valence-electron chi connectivity index (χ3n) is 3.50. The van der Waals surface area contributed by atoms with Crippen LogP contribution in [0.2, 0.25) is 0 Å². The lowest BCUT2D eigenvalue weighted by Gasteiger charge is -2.23. The second kappa shape index (κ2) is 7.21. The number of carbonyl (C=O) groups is 1. The minimum absolute atomic E-state index is 0. The average Bonchev–Trinajstić information content (AvgIpc) is 2.87. The highest BCUT2D eigenvalue weighted by Gasteiger charge is 2.28. The Labute approximate surface area is 123 Å². The molecule has 0 aromatic heterocycles. The maximum Gasteiger partial charge on any atom is 0.273 e. The predicted molar refractivity (Wildman–Crippen MR) is 77.8 cm³/mol.